The number of rotatable bonds is 2. The van der Waals surface area contributed by atoms with E-state index in [2.05, 4.69) is 0 Å². The first-order chi connectivity index (χ1) is 12.6. The third-order valence-electron chi connectivity index (χ3n) is 5.70. The van der Waals surface area contributed by atoms with Crippen molar-refractivity contribution in [2.75, 3.05) is 0 Å². The Morgan fingerprint density at radius 3 is 2.63 bits per heavy atom. The molecule has 1 heterocycles. The minimum Gasteiger partial charge on any atom is -0.508 e. The van der Waals surface area contributed by atoms with E-state index in [4.69, 9.17) is 4.74 Å². The fraction of sp³-hybridized carbons (Fsp3) is 0.364. The van der Waals surface area contributed by atoms with Crippen molar-refractivity contribution in [2.45, 2.75) is 44.3 Å². The highest BCUT2D eigenvalue weighted by atomic mass is 16.5. The molecule has 27 heavy (non-hydrogen) atoms. The number of ketones is 2. The molecule has 1 unspecified atom stereocenters. The molecule has 3 atom stereocenters. The van der Waals surface area contributed by atoms with Gasteiger partial charge in [0.1, 0.15) is 16.9 Å². The molecule has 140 valence electrons. The number of ether oxygens (including phenoxy) is 1. The van der Waals surface area contributed by atoms with Gasteiger partial charge < -0.3 is 14.9 Å². The monoisotopic (exact) mass is 366 g/mol. The van der Waals surface area contributed by atoms with Crippen LogP contribution in [0.5, 0.6) is 11.5 Å². The molecule has 2 aliphatic carbocycles. The van der Waals surface area contributed by atoms with Crippen molar-refractivity contribution >= 4 is 11.6 Å². The highest BCUT2D eigenvalue weighted by molar-refractivity contribution is 6.15. The molecule has 0 aromatic heterocycles. The van der Waals surface area contributed by atoms with Crippen molar-refractivity contribution in [1.29, 1.82) is 0 Å². The maximum absolute atomic E-state index is 13.3. The number of benzene rings is 1. The van der Waals surface area contributed by atoms with Crippen LogP contribution in [0.2, 0.25) is 0 Å². The van der Waals surface area contributed by atoms with Gasteiger partial charge in [-0.15, -0.1) is 0 Å². The largest absolute Gasteiger partial charge is 0.508 e. The van der Waals surface area contributed by atoms with Crippen molar-refractivity contribution in [2.24, 2.45) is 5.41 Å². The van der Waals surface area contributed by atoms with Crippen LogP contribution >= 0.6 is 0 Å². The number of hydrogen-bond acceptors (Lipinski definition) is 5. The maximum atomic E-state index is 13.3. The number of aliphatic hydroxyl groups is 1. The molecule has 0 fully saturated rings. The summed E-state index contributed by atoms with van der Waals surface area (Å²) < 4.78 is 6.26. The molecule has 3 aliphatic rings. The molecule has 1 aromatic rings. The lowest BCUT2D eigenvalue weighted by molar-refractivity contribution is -0.156. The molecule has 2 N–H and O–H groups in total. The summed E-state index contributed by atoms with van der Waals surface area (Å²) in [6, 6.07) is 4.72. The van der Waals surface area contributed by atoms with E-state index in [1.54, 1.807) is 38.1 Å². The van der Waals surface area contributed by atoms with Gasteiger partial charge in [0, 0.05) is 17.9 Å². The van der Waals surface area contributed by atoms with E-state index in [0.717, 1.165) is 5.57 Å². The minimum atomic E-state index is -1.39. The van der Waals surface area contributed by atoms with E-state index in [1.165, 1.54) is 18.2 Å². The number of phenolic OH excluding ortho intramolecular Hbond substituents is 1. The normalized spacial score (nSPS) is 32.0. The lowest BCUT2D eigenvalue weighted by Crippen LogP contribution is -2.67. The highest BCUT2D eigenvalue weighted by Crippen LogP contribution is 2.62. The topological polar surface area (TPSA) is 83.8 Å². The van der Waals surface area contributed by atoms with Crippen LogP contribution in [0, 0.1) is 5.41 Å². The SMILES string of the molecule is CC1=C[C@H]2c3cc(O)ccc3O[C@]3(C1)C(=O)C=CC(=O)C23/C=C/C(C)(C)O. The smallest absolute Gasteiger partial charge is 0.201 e. The molecular weight excluding hydrogens is 344 g/mol. The summed E-state index contributed by atoms with van der Waals surface area (Å²) in [5, 5.41) is 20.2. The van der Waals surface area contributed by atoms with E-state index in [9.17, 15) is 19.8 Å². The van der Waals surface area contributed by atoms with Crippen LogP contribution in [0.1, 0.15) is 38.7 Å². The van der Waals surface area contributed by atoms with Crippen molar-refractivity contribution < 1.29 is 24.5 Å². The predicted molar refractivity (Wildman–Crippen MR) is 99.6 cm³/mol. The van der Waals surface area contributed by atoms with E-state index >= 15 is 0 Å². The summed E-state index contributed by atoms with van der Waals surface area (Å²) in [6.45, 7) is 5.13. The summed E-state index contributed by atoms with van der Waals surface area (Å²) in [7, 11) is 0. The van der Waals surface area contributed by atoms with Gasteiger partial charge in [-0.25, -0.2) is 0 Å². The second kappa shape index (κ2) is 5.42. The van der Waals surface area contributed by atoms with Crippen LogP contribution in [0.3, 0.4) is 0 Å². The van der Waals surface area contributed by atoms with E-state index in [0.29, 0.717) is 11.3 Å². The number of fused-ring (bicyclic) bond motifs is 2. The minimum absolute atomic E-state index is 0.0632. The van der Waals surface area contributed by atoms with Gasteiger partial charge in [0.2, 0.25) is 5.78 Å². The van der Waals surface area contributed by atoms with Crippen molar-refractivity contribution in [3.05, 3.63) is 59.7 Å². The average molecular weight is 366 g/mol. The Morgan fingerprint density at radius 2 is 1.93 bits per heavy atom. The van der Waals surface area contributed by atoms with Crippen LogP contribution in [0.15, 0.2) is 54.2 Å². The fourth-order valence-corrected chi connectivity index (χ4v) is 4.55. The van der Waals surface area contributed by atoms with Gasteiger partial charge in [-0.05, 0) is 51.1 Å². The van der Waals surface area contributed by atoms with Crippen LogP contribution in [-0.2, 0) is 9.59 Å². The van der Waals surface area contributed by atoms with Gasteiger partial charge in [-0.1, -0.05) is 23.8 Å². The second-order valence-corrected chi connectivity index (χ2v) is 8.24. The number of allylic oxidation sites excluding steroid dienone is 2. The second-order valence-electron chi connectivity index (χ2n) is 8.24. The van der Waals surface area contributed by atoms with Gasteiger partial charge in [0.25, 0.3) is 0 Å². The molecule has 2 bridgehead atoms. The Labute approximate surface area is 157 Å². The summed E-state index contributed by atoms with van der Waals surface area (Å²) in [5.74, 6) is -0.440. The van der Waals surface area contributed by atoms with Gasteiger partial charge in [0.05, 0.1) is 5.60 Å². The number of carbonyl (C=O) groups excluding carboxylic acids is 2. The molecule has 0 amide bonds. The van der Waals surface area contributed by atoms with Crippen LogP contribution in [-0.4, -0.2) is 33.0 Å². The summed E-state index contributed by atoms with van der Waals surface area (Å²) in [4.78, 5) is 26.4. The number of carbonyl (C=O) groups is 2. The Bertz CT molecular complexity index is 946. The zero-order chi connectivity index (χ0) is 19.6. The third-order valence-corrected chi connectivity index (χ3v) is 5.70. The molecule has 1 aromatic carbocycles. The third kappa shape index (κ3) is 2.34. The first-order valence-electron chi connectivity index (χ1n) is 8.98. The molecule has 5 nitrogen and oxygen atoms in total. The Hall–Kier alpha value is -2.66. The highest BCUT2D eigenvalue weighted by Gasteiger charge is 2.69. The zero-order valence-corrected chi connectivity index (χ0v) is 15.5. The Morgan fingerprint density at radius 1 is 1.22 bits per heavy atom. The van der Waals surface area contributed by atoms with Gasteiger partial charge in [-0.3, -0.25) is 9.59 Å². The molecule has 5 heteroatoms. The Balaban J connectivity index is 2.08. The summed E-state index contributed by atoms with van der Waals surface area (Å²) >= 11 is 0. The zero-order valence-electron chi connectivity index (χ0n) is 15.5. The van der Waals surface area contributed by atoms with Crippen LogP contribution in [0.4, 0.5) is 0 Å². The fourth-order valence-electron chi connectivity index (χ4n) is 4.55. The number of aromatic hydroxyl groups is 1. The van der Waals surface area contributed by atoms with Gasteiger partial charge in [0.15, 0.2) is 11.4 Å². The van der Waals surface area contributed by atoms with Crippen molar-refractivity contribution in [1.82, 2.24) is 0 Å². The van der Waals surface area contributed by atoms with Crippen molar-refractivity contribution in [3.63, 3.8) is 0 Å². The van der Waals surface area contributed by atoms with Crippen molar-refractivity contribution in [3.8, 4) is 11.5 Å². The summed E-state index contributed by atoms with van der Waals surface area (Å²) in [6.07, 6.45) is 8.03. The lowest BCUT2D eigenvalue weighted by atomic mass is 9.50. The molecule has 0 saturated heterocycles. The van der Waals surface area contributed by atoms with Crippen LogP contribution < -0.4 is 4.74 Å². The predicted octanol–water partition coefficient (Wildman–Crippen LogP) is 2.98. The quantitative estimate of drug-likeness (QED) is 0.786. The van der Waals surface area contributed by atoms with Gasteiger partial charge in [-0.2, -0.15) is 0 Å². The van der Waals surface area contributed by atoms with Crippen LogP contribution in [0.25, 0.3) is 0 Å². The molecule has 0 saturated carbocycles. The maximum Gasteiger partial charge on any atom is 0.201 e. The number of hydrogen-bond donors (Lipinski definition) is 2. The average Bonchev–Trinajstić information content (AvgIpc) is 2.57. The standard InChI is InChI=1S/C22H22O5/c1-13-10-16-15-11-14(23)4-5-17(15)27-22(12-13)19(25)7-6-18(24)21(16,22)9-8-20(2,3)26/h4-11,16,23,26H,12H2,1-3H3/b9-8+/t16-,21?,22+/m0/s1. The van der Waals surface area contributed by atoms with E-state index in [-0.39, 0.29) is 23.7 Å². The lowest BCUT2D eigenvalue weighted by Gasteiger charge is -2.56. The first kappa shape index (κ1) is 17.7. The molecule has 0 radical (unpaired) electrons. The van der Waals surface area contributed by atoms with E-state index < -0.39 is 22.5 Å². The molecule has 4 rings (SSSR count). The van der Waals surface area contributed by atoms with Gasteiger partial charge >= 0.3 is 0 Å². The number of phenols is 1. The first-order valence-corrected chi connectivity index (χ1v) is 8.98. The Kier molecular flexibility index (Phi) is 3.56. The summed E-state index contributed by atoms with van der Waals surface area (Å²) in [5.41, 5.74) is -2.26. The molecule has 1 aliphatic heterocycles. The molecule has 0 spiro atoms. The molecular formula is C22H22O5. The van der Waals surface area contributed by atoms with E-state index in [1.807, 2.05) is 13.0 Å².